The Morgan fingerprint density at radius 1 is 1.19 bits per heavy atom. The highest BCUT2D eigenvalue weighted by Crippen LogP contribution is 2.45. The van der Waals surface area contributed by atoms with Gasteiger partial charge >= 0.3 is 0 Å². The minimum absolute atomic E-state index is 0.0763. The van der Waals surface area contributed by atoms with Crippen LogP contribution in [0.1, 0.15) is 71.5 Å². The SMILES string of the molecule is O=C(c1cc2c(s1)CCCCC2)C1CCOC2(CCC2)C1. The predicted octanol–water partition coefficient (Wildman–Crippen LogP) is 4.55. The Morgan fingerprint density at radius 3 is 2.86 bits per heavy atom. The maximum absolute atomic E-state index is 12.9. The molecule has 1 unspecified atom stereocenters. The fraction of sp³-hybridized carbons (Fsp3) is 0.722. The molecule has 1 aliphatic heterocycles. The summed E-state index contributed by atoms with van der Waals surface area (Å²) >= 11 is 1.79. The van der Waals surface area contributed by atoms with E-state index in [2.05, 4.69) is 6.07 Å². The molecule has 2 nitrogen and oxygen atoms in total. The van der Waals surface area contributed by atoms with Crippen molar-refractivity contribution in [1.29, 1.82) is 0 Å². The van der Waals surface area contributed by atoms with Crippen LogP contribution < -0.4 is 0 Å². The molecule has 1 aromatic heterocycles. The molecule has 3 heteroatoms. The summed E-state index contributed by atoms with van der Waals surface area (Å²) in [6.07, 6.45) is 11.8. The van der Waals surface area contributed by atoms with Gasteiger partial charge in [0.15, 0.2) is 5.78 Å². The lowest BCUT2D eigenvalue weighted by Crippen LogP contribution is -2.46. The predicted molar refractivity (Wildman–Crippen MR) is 85.2 cm³/mol. The average Bonchev–Trinajstić information content (AvgIpc) is 2.76. The first-order chi connectivity index (χ1) is 10.3. The molecule has 0 bridgehead atoms. The van der Waals surface area contributed by atoms with Crippen molar-refractivity contribution in [3.8, 4) is 0 Å². The van der Waals surface area contributed by atoms with Crippen LogP contribution in [-0.4, -0.2) is 18.0 Å². The molecule has 1 spiro atoms. The van der Waals surface area contributed by atoms with Gasteiger partial charge in [-0.3, -0.25) is 4.79 Å². The van der Waals surface area contributed by atoms with Crippen LogP contribution in [0.25, 0.3) is 0 Å². The molecule has 114 valence electrons. The minimum atomic E-state index is 0.0763. The van der Waals surface area contributed by atoms with Gasteiger partial charge in [0.1, 0.15) is 0 Å². The number of rotatable bonds is 2. The van der Waals surface area contributed by atoms with E-state index in [9.17, 15) is 4.79 Å². The largest absolute Gasteiger partial charge is 0.375 e. The minimum Gasteiger partial charge on any atom is -0.375 e. The molecule has 2 heterocycles. The Bertz CT molecular complexity index is 518. The van der Waals surface area contributed by atoms with Gasteiger partial charge < -0.3 is 4.74 Å². The van der Waals surface area contributed by atoms with E-state index < -0.39 is 0 Å². The summed E-state index contributed by atoms with van der Waals surface area (Å²) < 4.78 is 5.97. The van der Waals surface area contributed by atoms with E-state index in [1.165, 1.54) is 49.0 Å². The van der Waals surface area contributed by atoms with E-state index in [1.54, 1.807) is 11.3 Å². The molecule has 1 saturated heterocycles. The Labute approximate surface area is 130 Å². The van der Waals surface area contributed by atoms with Gasteiger partial charge in [0.2, 0.25) is 0 Å². The molecular formula is C18H24O2S. The number of hydrogen-bond donors (Lipinski definition) is 0. The monoisotopic (exact) mass is 304 g/mol. The van der Waals surface area contributed by atoms with Crippen LogP contribution in [0.15, 0.2) is 6.07 Å². The van der Waals surface area contributed by atoms with Crippen molar-refractivity contribution in [3.63, 3.8) is 0 Å². The van der Waals surface area contributed by atoms with Gasteiger partial charge in [-0.2, -0.15) is 0 Å². The normalized spacial score (nSPS) is 27.7. The Hall–Kier alpha value is -0.670. The zero-order valence-corrected chi connectivity index (χ0v) is 13.5. The van der Waals surface area contributed by atoms with E-state index >= 15 is 0 Å². The van der Waals surface area contributed by atoms with Crippen molar-refractivity contribution < 1.29 is 9.53 Å². The highest BCUT2D eigenvalue weighted by Gasteiger charge is 2.44. The van der Waals surface area contributed by atoms with Crippen molar-refractivity contribution in [2.75, 3.05) is 6.61 Å². The number of Topliss-reactive ketones (excluding diaryl/α,β-unsaturated/α-hetero) is 1. The van der Waals surface area contributed by atoms with Crippen LogP contribution in [0.4, 0.5) is 0 Å². The third-order valence-electron chi connectivity index (χ3n) is 5.62. The van der Waals surface area contributed by atoms with Gasteiger partial charge in [0.25, 0.3) is 0 Å². The maximum atomic E-state index is 12.9. The molecule has 1 saturated carbocycles. The molecule has 1 aromatic rings. The first-order valence-electron chi connectivity index (χ1n) is 8.56. The summed E-state index contributed by atoms with van der Waals surface area (Å²) in [5.41, 5.74) is 1.54. The number of ether oxygens (including phenoxy) is 1. The number of hydrogen-bond acceptors (Lipinski definition) is 3. The van der Waals surface area contributed by atoms with Crippen LogP contribution in [0.3, 0.4) is 0 Å². The average molecular weight is 304 g/mol. The van der Waals surface area contributed by atoms with E-state index in [0.717, 1.165) is 37.2 Å². The molecule has 1 atom stereocenters. The molecule has 0 amide bonds. The highest BCUT2D eigenvalue weighted by molar-refractivity contribution is 7.14. The topological polar surface area (TPSA) is 26.3 Å². The highest BCUT2D eigenvalue weighted by atomic mass is 32.1. The molecule has 4 rings (SSSR count). The third kappa shape index (κ3) is 2.59. The second kappa shape index (κ2) is 5.51. The van der Waals surface area contributed by atoms with Crippen LogP contribution in [0.5, 0.6) is 0 Å². The zero-order valence-electron chi connectivity index (χ0n) is 12.7. The van der Waals surface area contributed by atoms with Gasteiger partial charge in [0.05, 0.1) is 10.5 Å². The number of carbonyl (C=O) groups excluding carboxylic acids is 1. The van der Waals surface area contributed by atoms with E-state index in [1.807, 2.05) is 0 Å². The molecule has 0 radical (unpaired) electrons. The summed E-state index contributed by atoms with van der Waals surface area (Å²) in [6.45, 7) is 0.779. The molecule has 21 heavy (non-hydrogen) atoms. The van der Waals surface area contributed by atoms with Gasteiger partial charge in [-0.25, -0.2) is 0 Å². The molecule has 3 aliphatic rings. The fourth-order valence-corrected chi connectivity index (χ4v) is 5.43. The van der Waals surface area contributed by atoms with Crippen LogP contribution in [-0.2, 0) is 17.6 Å². The number of aryl methyl sites for hydroxylation is 2. The second-order valence-corrected chi connectivity index (χ2v) is 8.20. The first-order valence-corrected chi connectivity index (χ1v) is 9.37. The van der Waals surface area contributed by atoms with Crippen molar-refractivity contribution in [2.24, 2.45) is 5.92 Å². The van der Waals surface area contributed by atoms with E-state index in [4.69, 9.17) is 4.74 Å². The van der Waals surface area contributed by atoms with Gasteiger partial charge in [-0.1, -0.05) is 6.42 Å². The number of ketones is 1. The molecule has 2 aliphatic carbocycles. The van der Waals surface area contributed by atoms with Crippen LogP contribution in [0.2, 0.25) is 0 Å². The van der Waals surface area contributed by atoms with Gasteiger partial charge in [0, 0.05) is 17.4 Å². The maximum Gasteiger partial charge on any atom is 0.176 e. The summed E-state index contributed by atoms with van der Waals surface area (Å²) in [4.78, 5) is 15.4. The van der Waals surface area contributed by atoms with Gasteiger partial charge in [-0.05, 0) is 69.4 Å². The number of thiophene rings is 1. The quantitative estimate of drug-likeness (QED) is 0.592. The Balaban J connectivity index is 1.51. The first kappa shape index (κ1) is 14.0. The Kier molecular flexibility index (Phi) is 3.66. The smallest absolute Gasteiger partial charge is 0.176 e. The summed E-state index contributed by atoms with van der Waals surface area (Å²) in [5, 5.41) is 0. The van der Waals surface area contributed by atoms with Crippen molar-refractivity contribution >= 4 is 17.1 Å². The lowest BCUT2D eigenvalue weighted by molar-refractivity contribution is -0.137. The summed E-state index contributed by atoms with van der Waals surface area (Å²) in [5.74, 6) is 0.615. The Morgan fingerprint density at radius 2 is 2.05 bits per heavy atom. The van der Waals surface area contributed by atoms with Crippen LogP contribution in [0, 0.1) is 5.92 Å². The summed E-state index contributed by atoms with van der Waals surface area (Å²) in [6, 6.07) is 2.22. The fourth-order valence-electron chi connectivity index (χ4n) is 4.16. The molecule has 2 fully saturated rings. The second-order valence-electron chi connectivity index (χ2n) is 7.06. The molecular weight excluding hydrogens is 280 g/mol. The zero-order chi connectivity index (χ0) is 14.3. The number of carbonyl (C=O) groups is 1. The molecule has 0 N–H and O–H groups in total. The lowest BCUT2D eigenvalue weighted by Gasteiger charge is -2.46. The van der Waals surface area contributed by atoms with Crippen molar-refractivity contribution in [2.45, 2.75) is 69.8 Å². The summed E-state index contributed by atoms with van der Waals surface area (Å²) in [7, 11) is 0. The van der Waals surface area contributed by atoms with Crippen molar-refractivity contribution in [1.82, 2.24) is 0 Å². The third-order valence-corrected chi connectivity index (χ3v) is 6.87. The molecule has 0 aromatic carbocycles. The van der Waals surface area contributed by atoms with E-state index in [0.29, 0.717) is 5.78 Å². The van der Waals surface area contributed by atoms with Crippen LogP contribution >= 0.6 is 11.3 Å². The van der Waals surface area contributed by atoms with Crippen molar-refractivity contribution in [3.05, 3.63) is 21.4 Å². The lowest BCUT2D eigenvalue weighted by atomic mass is 9.71. The standard InChI is InChI=1S/C18H24O2S/c19-17(14-7-10-20-18(12-14)8-4-9-18)16-11-13-5-2-1-3-6-15(13)21-16/h11,14H,1-10,12H2. The van der Waals surface area contributed by atoms with E-state index in [-0.39, 0.29) is 11.5 Å². The van der Waals surface area contributed by atoms with Gasteiger partial charge in [-0.15, -0.1) is 11.3 Å². The number of fused-ring (bicyclic) bond motifs is 1.